The summed E-state index contributed by atoms with van der Waals surface area (Å²) in [6.07, 6.45) is 0. The van der Waals surface area contributed by atoms with Gasteiger partial charge in [-0.1, -0.05) is 41.1 Å². The van der Waals surface area contributed by atoms with Crippen LogP contribution in [-0.2, 0) is 16.6 Å². The number of halogens is 1. The predicted molar refractivity (Wildman–Crippen MR) is 88.8 cm³/mol. The van der Waals surface area contributed by atoms with Crippen molar-refractivity contribution in [3.05, 3.63) is 58.6 Å². The Balaban J connectivity index is 2.05. The molecular formula is C15H17BrN2O2S. The molecule has 21 heavy (non-hydrogen) atoms. The molecule has 2 N–H and O–H groups in total. The van der Waals surface area contributed by atoms with Crippen LogP contribution in [0.4, 0.5) is 5.69 Å². The lowest BCUT2D eigenvalue weighted by Gasteiger charge is -2.09. The Bertz CT molecular complexity index is 700. The highest BCUT2D eigenvalue weighted by atomic mass is 79.9. The normalized spacial score (nSPS) is 11.3. The van der Waals surface area contributed by atoms with E-state index in [1.165, 1.54) is 0 Å². The molecule has 4 nitrogen and oxygen atoms in total. The summed E-state index contributed by atoms with van der Waals surface area (Å²) < 4.78 is 27.2. The van der Waals surface area contributed by atoms with Crippen molar-refractivity contribution >= 4 is 31.6 Å². The monoisotopic (exact) mass is 368 g/mol. The lowest BCUT2D eigenvalue weighted by Crippen LogP contribution is -2.23. The standard InChI is InChI=1S/C15H17BrN2O2S/c1-2-18-21(19,20)14-9-7-13(8-10-14)17-11-12-5-3-4-6-15(12)16/h3-10,17-18H,2,11H2,1H3. The molecule has 2 rings (SSSR count). The molecular weight excluding hydrogens is 352 g/mol. The predicted octanol–water partition coefficient (Wildman–Crippen LogP) is 3.36. The first-order chi connectivity index (χ1) is 10.0. The second kappa shape index (κ2) is 7.06. The van der Waals surface area contributed by atoms with Crippen LogP contribution in [0.15, 0.2) is 57.9 Å². The van der Waals surface area contributed by atoms with Crippen molar-refractivity contribution in [3.63, 3.8) is 0 Å². The minimum Gasteiger partial charge on any atom is -0.381 e. The quantitative estimate of drug-likeness (QED) is 0.821. The molecule has 0 aliphatic heterocycles. The number of rotatable bonds is 6. The van der Waals surface area contributed by atoms with E-state index in [1.54, 1.807) is 31.2 Å². The van der Waals surface area contributed by atoms with Crippen LogP contribution >= 0.6 is 15.9 Å². The van der Waals surface area contributed by atoms with Gasteiger partial charge in [-0.25, -0.2) is 13.1 Å². The van der Waals surface area contributed by atoms with Crippen molar-refractivity contribution < 1.29 is 8.42 Å². The van der Waals surface area contributed by atoms with Gasteiger partial charge in [0.05, 0.1) is 4.90 Å². The smallest absolute Gasteiger partial charge is 0.240 e. The lowest BCUT2D eigenvalue weighted by molar-refractivity contribution is 0.584. The average molecular weight is 369 g/mol. The molecule has 0 atom stereocenters. The summed E-state index contributed by atoms with van der Waals surface area (Å²) in [4.78, 5) is 0.274. The Morgan fingerprint density at radius 1 is 1.05 bits per heavy atom. The maximum Gasteiger partial charge on any atom is 0.240 e. The van der Waals surface area contributed by atoms with Crippen LogP contribution < -0.4 is 10.0 Å². The fourth-order valence-electron chi connectivity index (χ4n) is 1.86. The van der Waals surface area contributed by atoms with Gasteiger partial charge < -0.3 is 5.32 Å². The van der Waals surface area contributed by atoms with E-state index < -0.39 is 10.0 Å². The molecule has 0 heterocycles. The Labute approximate surface area is 133 Å². The van der Waals surface area contributed by atoms with E-state index >= 15 is 0 Å². The Kier molecular flexibility index (Phi) is 5.39. The summed E-state index contributed by atoms with van der Waals surface area (Å²) >= 11 is 3.50. The van der Waals surface area contributed by atoms with E-state index in [2.05, 4.69) is 26.0 Å². The van der Waals surface area contributed by atoms with E-state index in [-0.39, 0.29) is 4.90 Å². The first-order valence-electron chi connectivity index (χ1n) is 6.60. The summed E-state index contributed by atoms with van der Waals surface area (Å²) in [5.74, 6) is 0. The molecule has 0 aliphatic carbocycles. The lowest BCUT2D eigenvalue weighted by atomic mass is 10.2. The molecule has 0 unspecified atom stereocenters. The summed E-state index contributed by atoms with van der Waals surface area (Å²) in [6.45, 7) is 2.80. The van der Waals surface area contributed by atoms with Crippen molar-refractivity contribution in [3.8, 4) is 0 Å². The zero-order valence-electron chi connectivity index (χ0n) is 11.6. The van der Waals surface area contributed by atoms with Crippen LogP contribution in [0.25, 0.3) is 0 Å². The fraction of sp³-hybridized carbons (Fsp3) is 0.200. The van der Waals surface area contributed by atoms with E-state index in [4.69, 9.17) is 0 Å². The van der Waals surface area contributed by atoms with Gasteiger partial charge in [-0.05, 0) is 35.9 Å². The van der Waals surface area contributed by atoms with Crippen molar-refractivity contribution in [1.29, 1.82) is 0 Å². The van der Waals surface area contributed by atoms with Gasteiger partial charge in [-0.15, -0.1) is 0 Å². The molecule has 0 aliphatic rings. The number of sulfonamides is 1. The van der Waals surface area contributed by atoms with Gasteiger partial charge in [0, 0.05) is 23.2 Å². The topological polar surface area (TPSA) is 58.2 Å². The fourth-order valence-corrected chi connectivity index (χ4v) is 3.33. The summed E-state index contributed by atoms with van der Waals surface area (Å²) in [7, 11) is -3.39. The molecule has 0 amide bonds. The minimum absolute atomic E-state index is 0.274. The molecule has 2 aromatic carbocycles. The third-order valence-electron chi connectivity index (χ3n) is 2.94. The number of hydrogen-bond acceptors (Lipinski definition) is 3. The van der Waals surface area contributed by atoms with Gasteiger partial charge in [0.25, 0.3) is 0 Å². The maximum absolute atomic E-state index is 11.8. The largest absolute Gasteiger partial charge is 0.381 e. The van der Waals surface area contributed by atoms with Gasteiger partial charge >= 0.3 is 0 Å². The van der Waals surface area contributed by atoms with Crippen LogP contribution in [0.2, 0.25) is 0 Å². The number of benzene rings is 2. The first kappa shape index (κ1) is 16.0. The van der Waals surface area contributed by atoms with Gasteiger partial charge in [-0.2, -0.15) is 0 Å². The number of anilines is 1. The number of nitrogens with one attached hydrogen (secondary N) is 2. The van der Waals surface area contributed by atoms with E-state index in [9.17, 15) is 8.42 Å². The van der Waals surface area contributed by atoms with Crippen LogP contribution in [0.3, 0.4) is 0 Å². The van der Waals surface area contributed by atoms with Crippen LogP contribution in [-0.4, -0.2) is 15.0 Å². The summed E-state index contributed by atoms with van der Waals surface area (Å²) in [5, 5.41) is 3.27. The second-order valence-corrected chi connectivity index (χ2v) is 7.09. The summed E-state index contributed by atoms with van der Waals surface area (Å²) in [5.41, 5.74) is 2.02. The Morgan fingerprint density at radius 2 is 1.71 bits per heavy atom. The van der Waals surface area contributed by atoms with E-state index in [1.807, 2.05) is 24.3 Å². The van der Waals surface area contributed by atoms with Crippen LogP contribution in [0, 0.1) is 0 Å². The molecule has 0 bridgehead atoms. The Morgan fingerprint density at radius 3 is 2.33 bits per heavy atom. The van der Waals surface area contributed by atoms with Gasteiger partial charge in [-0.3, -0.25) is 0 Å². The van der Waals surface area contributed by atoms with Crippen molar-refractivity contribution in [1.82, 2.24) is 4.72 Å². The molecule has 0 fully saturated rings. The first-order valence-corrected chi connectivity index (χ1v) is 8.87. The van der Waals surface area contributed by atoms with Crippen molar-refractivity contribution in [2.24, 2.45) is 0 Å². The molecule has 112 valence electrons. The minimum atomic E-state index is -3.39. The molecule has 0 radical (unpaired) electrons. The Hall–Kier alpha value is -1.37. The molecule has 0 saturated carbocycles. The third-order valence-corrected chi connectivity index (χ3v) is 5.27. The highest BCUT2D eigenvalue weighted by molar-refractivity contribution is 9.10. The molecule has 2 aromatic rings. The summed E-state index contributed by atoms with van der Waals surface area (Å²) in [6, 6.07) is 14.7. The maximum atomic E-state index is 11.8. The second-order valence-electron chi connectivity index (χ2n) is 4.47. The average Bonchev–Trinajstić information content (AvgIpc) is 2.47. The third kappa shape index (κ3) is 4.30. The van der Waals surface area contributed by atoms with Crippen LogP contribution in [0.1, 0.15) is 12.5 Å². The van der Waals surface area contributed by atoms with Crippen molar-refractivity contribution in [2.45, 2.75) is 18.4 Å². The molecule has 0 saturated heterocycles. The van der Waals surface area contributed by atoms with E-state index in [0.717, 1.165) is 15.7 Å². The zero-order chi connectivity index (χ0) is 15.3. The zero-order valence-corrected chi connectivity index (χ0v) is 14.0. The van der Waals surface area contributed by atoms with Crippen LogP contribution in [0.5, 0.6) is 0 Å². The highest BCUT2D eigenvalue weighted by Gasteiger charge is 2.11. The molecule has 0 spiro atoms. The molecule has 0 aromatic heterocycles. The van der Waals surface area contributed by atoms with E-state index in [0.29, 0.717) is 13.1 Å². The SMILES string of the molecule is CCNS(=O)(=O)c1ccc(NCc2ccccc2Br)cc1. The highest BCUT2D eigenvalue weighted by Crippen LogP contribution is 2.19. The van der Waals surface area contributed by atoms with Gasteiger partial charge in [0.15, 0.2) is 0 Å². The van der Waals surface area contributed by atoms with Gasteiger partial charge in [0.2, 0.25) is 10.0 Å². The van der Waals surface area contributed by atoms with Gasteiger partial charge in [0.1, 0.15) is 0 Å². The van der Waals surface area contributed by atoms with Crippen molar-refractivity contribution in [2.75, 3.05) is 11.9 Å². The molecule has 6 heteroatoms. The number of hydrogen-bond donors (Lipinski definition) is 2.